The van der Waals surface area contributed by atoms with Gasteiger partial charge in [0.1, 0.15) is 0 Å². The lowest BCUT2D eigenvalue weighted by Crippen LogP contribution is -2.40. The van der Waals surface area contributed by atoms with Gasteiger partial charge in [0.25, 0.3) is 5.91 Å². The SMILES string of the molecule is CCOCCn1c(NC2CCN(CCC(CN(C)C(=O)c3cc(OC)c(OC)c(OC)c3)c3cccs3)CC2)nc2ccccc21. The Morgan fingerprint density at radius 2 is 1.78 bits per heavy atom. The fourth-order valence-corrected chi connectivity index (χ4v) is 7.08. The molecule has 1 saturated heterocycles. The summed E-state index contributed by atoms with van der Waals surface area (Å²) in [5, 5.41) is 5.87. The van der Waals surface area contributed by atoms with Crippen molar-refractivity contribution in [3.8, 4) is 17.2 Å². The van der Waals surface area contributed by atoms with Gasteiger partial charge in [-0.3, -0.25) is 4.79 Å². The van der Waals surface area contributed by atoms with Crippen molar-refractivity contribution in [2.45, 2.75) is 44.7 Å². The molecule has 0 saturated carbocycles. The predicted octanol–water partition coefficient (Wildman–Crippen LogP) is 5.98. The number of carbonyl (C=O) groups is 1. The molecule has 1 unspecified atom stereocenters. The summed E-state index contributed by atoms with van der Waals surface area (Å²) in [6.45, 7) is 7.82. The topological polar surface area (TPSA) is 90.3 Å². The van der Waals surface area contributed by atoms with Crippen molar-refractivity contribution in [2.24, 2.45) is 0 Å². The van der Waals surface area contributed by atoms with E-state index in [0.717, 1.165) is 62.4 Å². The Bertz CT molecular complexity index is 1530. The lowest BCUT2D eigenvalue weighted by Gasteiger charge is -2.34. The first-order chi connectivity index (χ1) is 22.4. The van der Waals surface area contributed by atoms with Gasteiger partial charge in [-0.1, -0.05) is 18.2 Å². The molecule has 1 amide bonds. The second-order valence-electron chi connectivity index (χ2n) is 11.6. The van der Waals surface area contributed by atoms with Crippen molar-refractivity contribution in [1.29, 1.82) is 0 Å². The molecule has 4 aromatic rings. The maximum Gasteiger partial charge on any atom is 0.253 e. The molecule has 10 nitrogen and oxygen atoms in total. The molecule has 1 atom stereocenters. The van der Waals surface area contributed by atoms with Gasteiger partial charge in [0.2, 0.25) is 11.7 Å². The molecule has 1 aliphatic heterocycles. The van der Waals surface area contributed by atoms with E-state index >= 15 is 0 Å². The molecule has 248 valence electrons. The number of nitrogens with one attached hydrogen (secondary N) is 1. The normalized spacial score (nSPS) is 14.7. The summed E-state index contributed by atoms with van der Waals surface area (Å²) in [5.74, 6) is 2.48. The largest absolute Gasteiger partial charge is 0.493 e. The number of hydrogen-bond acceptors (Lipinski definition) is 9. The van der Waals surface area contributed by atoms with E-state index in [1.165, 1.54) is 4.88 Å². The van der Waals surface area contributed by atoms with E-state index in [2.05, 4.69) is 50.5 Å². The van der Waals surface area contributed by atoms with E-state index in [0.29, 0.717) is 48.6 Å². The Hall–Kier alpha value is -3.80. The number of nitrogens with zero attached hydrogens (tertiary/aromatic N) is 4. The fourth-order valence-electron chi connectivity index (χ4n) is 6.22. The molecule has 11 heteroatoms. The van der Waals surface area contributed by atoms with Crippen LogP contribution in [-0.4, -0.2) is 99.1 Å². The zero-order valence-corrected chi connectivity index (χ0v) is 28.5. The highest BCUT2D eigenvalue weighted by molar-refractivity contribution is 7.10. The third-order valence-corrected chi connectivity index (χ3v) is 9.77. The molecule has 1 fully saturated rings. The van der Waals surface area contributed by atoms with Crippen molar-refractivity contribution >= 4 is 34.2 Å². The highest BCUT2D eigenvalue weighted by atomic mass is 32.1. The minimum absolute atomic E-state index is 0.0834. The number of likely N-dealkylation sites (tertiary alicyclic amines) is 1. The van der Waals surface area contributed by atoms with Crippen LogP contribution in [0.2, 0.25) is 0 Å². The minimum atomic E-state index is -0.0834. The van der Waals surface area contributed by atoms with Crippen LogP contribution < -0.4 is 19.5 Å². The van der Waals surface area contributed by atoms with Gasteiger partial charge in [0.05, 0.1) is 39.0 Å². The van der Waals surface area contributed by atoms with E-state index in [-0.39, 0.29) is 11.8 Å². The lowest BCUT2D eigenvalue weighted by molar-refractivity contribution is 0.0781. The van der Waals surface area contributed by atoms with Crippen molar-refractivity contribution in [3.05, 3.63) is 64.4 Å². The van der Waals surface area contributed by atoms with Crippen LogP contribution in [0.3, 0.4) is 0 Å². The Labute approximate surface area is 276 Å². The number of piperidine rings is 1. The molecule has 0 bridgehead atoms. The molecular formula is C35H47N5O5S. The van der Waals surface area contributed by atoms with Gasteiger partial charge in [-0.2, -0.15) is 0 Å². The molecule has 0 aliphatic carbocycles. The molecular weight excluding hydrogens is 602 g/mol. The summed E-state index contributed by atoms with van der Waals surface area (Å²) < 4.78 is 24.3. The van der Waals surface area contributed by atoms with Gasteiger partial charge < -0.3 is 38.6 Å². The van der Waals surface area contributed by atoms with E-state index in [9.17, 15) is 4.79 Å². The number of imidazole rings is 1. The van der Waals surface area contributed by atoms with Crippen LogP contribution in [0, 0.1) is 0 Å². The van der Waals surface area contributed by atoms with Crippen LogP contribution in [0.25, 0.3) is 11.0 Å². The number of para-hydroxylation sites is 2. The number of anilines is 1. The minimum Gasteiger partial charge on any atom is -0.493 e. The number of rotatable bonds is 16. The van der Waals surface area contributed by atoms with E-state index in [1.54, 1.807) is 49.7 Å². The number of benzene rings is 2. The number of amides is 1. The van der Waals surface area contributed by atoms with Gasteiger partial charge in [-0.05, 0) is 68.4 Å². The number of ether oxygens (including phenoxy) is 4. The molecule has 3 heterocycles. The third kappa shape index (κ3) is 7.94. The number of carbonyl (C=O) groups excluding carboxylic acids is 1. The van der Waals surface area contributed by atoms with Gasteiger partial charge in [-0.15, -0.1) is 11.3 Å². The van der Waals surface area contributed by atoms with Gasteiger partial charge in [-0.25, -0.2) is 4.98 Å². The Morgan fingerprint density at radius 3 is 2.43 bits per heavy atom. The summed E-state index contributed by atoms with van der Waals surface area (Å²) in [7, 11) is 6.54. The van der Waals surface area contributed by atoms with E-state index in [1.807, 2.05) is 20.0 Å². The molecule has 0 spiro atoms. The number of fused-ring (bicyclic) bond motifs is 1. The fraction of sp³-hybridized carbons (Fsp3) is 0.486. The van der Waals surface area contributed by atoms with Crippen LogP contribution in [-0.2, 0) is 11.3 Å². The lowest BCUT2D eigenvalue weighted by atomic mass is 10.00. The van der Waals surface area contributed by atoms with Crippen LogP contribution in [0.1, 0.15) is 47.3 Å². The molecule has 2 aromatic heterocycles. The molecule has 0 radical (unpaired) electrons. The van der Waals surface area contributed by atoms with Crippen LogP contribution in [0.4, 0.5) is 5.95 Å². The molecule has 2 aromatic carbocycles. The number of hydrogen-bond donors (Lipinski definition) is 1. The van der Waals surface area contributed by atoms with Crippen molar-refractivity contribution in [3.63, 3.8) is 0 Å². The van der Waals surface area contributed by atoms with Gasteiger partial charge in [0, 0.05) is 62.2 Å². The van der Waals surface area contributed by atoms with Crippen LogP contribution in [0.15, 0.2) is 53.9 Å². The first-order valence-electron chi connectivity index (χ1n) is 16.1. The average molecular weight is 650 g/mol. The number of likely N-dealkylation sites (N-methyl/N-ethyl adjacent to an activating group) is 1. The van der Waals surface area contributed by atoms with Crippen LogP contribution >= 0.6 is 11.3 Å². The zero-order valence-electron chi connectivity index (χ0n) is 27.7. The summed E-state index contributed by atoms with van der Waals surface area (Å²) in [5.41, 5.74) is 2.64. The molecule has 5 rings (SSSR count). The summed E-state index contributed by atoms with van der Waals surface area (Å²) in [4.78, 5) is 24.2. The predicted molar refractivity (Wildman–Crippen MR) is 184 cm³/mol. The van der Waals surface area contributed by atoms with E-state index in [4.69, 9.17) is 23.9 Å². The molecule has 1 aliphatic rings. The second kappa shape index (κ2) is 16.2. The number of methoxy groups -OCH3 is 3. The average Bonchev–Trinajstić information content (AvgIpc) is 3.75. The molecule has 46 heavy (non-hydrogen) atoms. The summed E-state index contributed by atoms with van der Waals surface area (Å²) in [6.07, 6.45) is 3.08. The van der Waals surface area contributed by atoms with Crippen molar-refractivity contribution < 1.29 is 23.7 Å². The number of aromatic nitrogens is 2. The smallest absolute Gasteiger partial charge is 0.253 e. The van der Waals surface area contributed by atoms with Gasteiger partial charge >= 0.3 is 0 Å². The van der Waals surface area contributed by atoms with E-state index < -0.39 is 0 Å². The van der Waals surface area contributed by atoms with Gasteiger partial charge in [0.15, 0.2) is 11.5 Å². The summed E-state index contributed by atoms with van der Waals surface area (Å²) >= 11 is 1.75. The standard InChI is InChI=1S/C35H47N5O5S/c1-6-45-20-19-40-29-11-8-7-10-28(29)37-35(40)36-27-14-17-39(18-15-27)16-13-25(32-12-9-21-46-32)24-38(2)34(41)26-22-30(42-3)33(44-5)31(23-26)43-4/h7-12,21-23,25,27H,6,13-20,24H2,1-5H3,(H,36,37). The third-order valence-electron chi connectivity index (χ3n) is 8.73. The quantitative estimate of drug-likeness (QED) is 0.148. The maximum absolute atomic E-state index is 13.6. The Morgan fingerprint density at radius 1 is 1.04 bits per heavy atom. The Kier molecular flexibility index (Phi) is 11.8. The first kappa shape index (κ1) is 33.6. The number of thiophene rings is 1. The highest BCUT2D eigenvalue weighted by Crippen LogP contribution is 2.38. The zero-order chi connectivity index (χ0) is 32.5. The second-order valence-corrected chi connectivity index (χ2v) is 12.6. The van der Waals surface area contributed by atoms with Crippen LogP contribution in [0.5, 0.6) is 17.2 Å². The maximum atomic E-state index is 13.6. The van der Waals surface area contributed by atoms with Crippen molar-refractivity contribution in [2.75, 3.05) is 73.1 Å². The Balaban J connectivity index is 1.18. The summed E-state index contributed by atoms with van der Waals surface area (Å²) in [6, 6.07) is 16.4. The molecule has 1 N–H and O–H groups in total. The monoisotopic (exact) mass is 649 g/mol. The highest BCUT2D eigenvalue weighted by Gasteiger charge is 2.25. The first-order valence-corrected chi connectivity index (χ1v) is 16.9. The van der Waals surface area contributed by atoms with Crippen molar-refractivity contribution in [1.82, 2.24) is 19.4 Å².